The normalized spacial score (nSPS) is 12.2. The van der Waals surface area contributed by atoms with Crippen LogP contribution in [0.5, 0.6) is 11.5 Å². The molecule has 0 atom stereocenters. The number of amides is 1. The molecule has 3 N–H and O–H groups in total. The average molecular weight is 377 g/mol. The van der Waals surface area contributed by atoms with Gasteiger partial charge >= 0.3 is 0 Å². The van der Waals surface area contributed by atoms with E-state index in [0.717, 1.165) is 22.8 Å². The lowest BCUT2D eigenvalue weighted by Gasteiger charge is -2.19. The Morgan fingerprint density at radius 1 is 0.893 bits per heavy atom. The zero-order valence-electron chi connectivity index (χ0n) is 15.2. The first-order chi connectivity index (χ1) is 13.7. The number of carbonyl (C=O) groups is 1. The molecule has 4 rings (SSSR count). The molecule has 0 fully saturated rings. The first-order valence-electron chi connectivity index (χ1n) is 8.80. The van der Waals surface area contributed by atoms with Gasteiger partial charge in [-0.3, -0.25) is 4.79 Å². The molecule has 28 heavy (non-hydrogen) atoms. The van der Waals surface area contributed by atoms with E-state index >= 15 is 0 Å². The zero-order chi connectivity index (χ0) is 19.3. The Morgan fingerprint density at radius 2 is 1.61 bits per heavy atom. The van der Waals surface area contributed by atoms with Crippen molar-refractivity contribution >= 4 is 34.7 Å². The molecule has 1 aromatic heterocycles. The molecular weight excluding hydrogens is 358 g/mol. The standard InChI is InChI=1S/C20H19N5O3/c1-13(26)22-14-2-4-15(5-3-14)23-19-8-9-21-20(25-19)24-16-6-7-17-18(12-16)28-11-10-27-17/h2-9,12H,10-11H2,1H3,(H,22,26)(H2,21,23,24,25). The van der Waals surface area contributed by atoms with Crippen LogP contribution in [0.2, 0.25) is 0 Å². The Kier molecular flexibility index (Phi) is 4.92. The largest absolute Gasteiger partial charge is 0.486 e. The van der Waals surface area contributed by atoms with Crippen LogP contribution >= 0.6 is 0 Å². The minimum atomic E-state index is -0.105. The van der Waals surface area contributed by atoms with Gasteiger partial charge in [-0.15, -0.1) is 0 Å². The van der Waals surface area contributed by atoms with Crippen LogP contribution in [0.25, 0.3) is 0 Å². The number of hydrogen-bond acceptors (Lipinski definition) is 7. The van der Waals surface area contributed by atoms with E-state index in [9.17, 15) is 4.79 Å². The second-order valence-electron chi connectivity index (χ2n) is 6.13. The van der Waals surface area contributed by atoms with Crippen molar-refractivity contribution in [3.05, 3.63) is 54.7 Å². The maximum absolute atomic E-state index is 11.1. The van der Waals surface area contributed by atoms with Gasteiger partial charge in [0.25, 0.3) is 0 Å². The van der Waals surface area contributed by atoms with E-state index in [2.05, 4.69) is 25.9 Å². The second kappa shape index (κ2) is 7.83. The van der Waals surface area contributed by atoms with Crippen LogP contribution in [0.4, 0.5) is 28.8 Å². The Hall–Kier alpha value is -3.81. The van der Waals surface area contributed by atoms with Gasteiger partial charge in [-0.1, -0.05) is 0 Å². The molecule has 8 nitrogen and oxygen atoms in total. The number of rotatable bonds is 5. The molecule has 0 radical (unpaired) electrons. The van der Waals surface area contributed by atoms with Gasteiger partial charge in [-0.2, -0.15) is 4.98 Å². The molecule has 142 valence electrons. The molecule has 0 saturated carbocycles. The number of hydrogen-bond donors (Lipinski definition) is 3. The van der Waals surface area contributed by atoms with Crippen molar-refractivity contribution in [3.63, 3.8) is 0 Å². The summed E-state index contributed by atoms with van der Waals surface area (Å²) in [5.74, 6) is 2.42. The van der Waals surface area contributed by atoms with Gasteiger partial charge in [0.15, 0.2) is 11.5 Å². The first kappa shape index (κ1) is 17.6. The van der Waals surface area contributed by atoms with E-state index in [1.54, 1.807) is 12.3 Å². The fourth-order valence-electron chi connectivity index (χ4n) is 2.73. The lowest BCUT2D eigenvalue weighted by molar-refractivity contribution is -0.114. The minimum Gasteiger partial charge on any atom is -0.486 e. The number of benzene rings is 2. The summed E-state index contributed by atoms with van der Waals surface area (Å²) in [4.78, 5) is 19.8. The number of anilines is 5. The van der Waals surface area contributed by atoms with Crippen LogP contribution in [0, 0.1) is 0 Å². The molecule has 2 heterocycles. The van der Waals surface area contributed by atoms with Crippen molar-refractivity contribution in [3.8, 4) is 11.5 Å². The third kappa shape index (κ3) is 4.29. The Morgan fingerprint density at radius 3 is 2.39 bits per heavy atom. The number of ether oxygens (including phenoxy) is 2. The van der Waals surface area contributed by atoms with Gasteiger partial charge in [0.05, 0.1) is 0 Å². The van der Waals surface area contributed by atoms with Crippen LogP contribution in [0.15, 0.2) is 54.7 Å². The fraction of sp³-hybridized carbons (Fsp3) is 0.150. The van der Waals surface area contributed by atoms with E-state index in [4.69, 9.17) is 9.47 Å². The van der Waals surface area contributed by atoms with Crippen LogP contribution < -0.4 is 25.4 Å². The summed E-state index contributed by atoms with van der Waals surface area (Å²) in [6.45, 7) is 2.57. The smallest absolute Gasteiger partial charge is 0.229 e. The predicted octanol–water partition coefficient (Wildman–Crippen LogP) is 3.69. The summed E-state index contributed by atoms with van der Waals surface area (Å²) in [5, 5.41) is 9.11. The van der Waals surface area contributed by atoms with Gasteiger partial charge in [0.1, 0.15) is 19.0 Å². The maximum atomic E-state index is 11.1. The van der Waals surface area contributed by atoms with Crippen LogP contribution in [0.3, 0.4) is 0 Å². The molecule has 0 bridgehead atoms. The summed E-state index contributed by atoms with van der Waals surface area (Å²) in [7, 11) is 0. The van der Waals surface area contributed by atoms with E-state index in [0.29, 0.717) is 30.7 Å². The van der Waals surface area contributed by atoms with E-state index in [-0.39, 0.29) is 5.91 Å². The fourth-order valence-corrected chi connectivity index (χ4v) is 2.73. The van der Waals surface area contributed by atoms with E-state index in [1.165, 1.54) is 6.92 Å². The van der Waals surface area contributed by atoms with E-state index < -0.39 is 0 Å². The quantitative estimate of drug-likeness (QED) is 0.624. The highest BCUT2D eigenvalue weighted by atomic mass is 16.6. The predicted molar refractivity (Wildman–Crippen MR) is 107 cm³/mol. The molecule has 0 saturated heterocycles. The first-order valence-corrected chi connectivity index (χ1v) is 8.80. The highest BCUT2D eigenvalue weighted by Gasteiger charge is 2.12. The van der Waals surface area contributed by atoms with Crippen LogP contribution in [-0.4, -0.2) is 29.1 Å². The molecular formula is C20H19N5O3. The lowest BCUT2D eigenvalue weighted by Crippen LogP contribution is -2.15. The van der Waals surface area contributed by atoms with Gasteiger partial charge in [0.2, 0.25) is 11.9 Å². The Bertz CT molecular complexity index is 991. The number of fused-ring (bicyclic) bond motifs is 1. The highest BCUT2D eigenvalue weighted by Crippen LogP contribution is 2.33. The molecule has 0 spiro atoms. The number of nitrogens with one attached hydrogen (secondary N) is 3. The molecule has 3 aromatic rings. The van der Waals surface area contributed by atoms with Crippen molar-refractivity contribution in [2.45, 2.75) is 6.92 Å². The van der Waals surface area contributed by atoms with Gasteiger partial charge in [-0.25, -0.2) is 4.98 Å². The summed E-state index contributed by atoms with van der Waals surface area (Å²) in [6.07, 6.45) is 1.67. The van der Waals surface area contributed by atoms with Crippen molar-refractivity contribution in [1.29, 1.82) is 0 Å². The second-order valence-corrected chi connectivity index (χ2v) is 6.13. The third-order valence-electron chi connectivity index (χ3n) is 3.93. The van der Waals surface area contributed by atoms with Gasteiger partial charge in [0, 0.05) is 36.2 Å². The Labute approximate surface area is 161 Å². The highest BCUT2D eigenvalue weighted by molar-refractivity contribution is 5.88. The molecule has 1 amide bonds. The zero-order valence-corrected chi connectivity index (χ0v) is 15.2. The summed E-state index contributed by atoms with van der Waals surface area (Å²) >= 11 is 0. The average Bonchev–Trinajstić information content (AvgIpc) is 2.69. The Balaban J connectivity index is 1.45. The third-order valence-corrected chi connectivity index (χ3v) is 3.93. The van der Waals surface area contributed by atoms with Crippen molar-refractivity contribution in [1.82, 2.24) is 9.97 Å². The SMILES string of the molecule is CC(=O)Nc1ccc(Nc2ccnc(Nc3ccc4c(c3)OCCO4)n2)cc1. The van der Waals surface area contributed by atoms with Gasteiger partial charge in [-0.05, 0) is 42.5 Å². The summed E-state index contributed by atoms with van der Waals surface area (Å²) in [6, 6.07) is 14.7. The minimum absolute atomic E-state index is 0.105. The van der Waals surface area contributed by atoms with Crippen molar-refractivity contribution < 1.29 is 14.3 Å². The number of aromatic nitrogens is 2. The molecule has 1 aliphatic heterocycles. The molecule has 0 aliphatic carbocycles. The summed E-state index contributed by atoms with van der Waals surface area (Å²) in [5.41, 5.74) is 2.39. The van der Waals surface area contributed by atoms with E-state index in [1.807, 2.05) is 42.5 Å². The molecule has 2 aromatic carbocycles. The monoisotopic (exact) mass is 377 g/mol. The van der Waals surface area contributed by atoms with Crippen LogP contribution in [0.1, 0.15) is 6.92 Å². The number of nitrogens with zero attached hydrogens (tertiary/aromatic N) is 2. The van der Waals surface area contributed by atoms with Crippen molar-refractivity contribution in [2.24, 2.45) is 0 Å². The topological polar surface area (TPSA) is 97.4 Å². The molecule has 0 unspecified atom stereocenters. The molecule has 1 aliphatic rings. The summed E-state index contributed by atoms with van der Waals surface area (Å²) < 4.78 is 11.1. The van der Waals surface area contributed by atoms with Crippen molar-refractivity contribution in [2.75, 3.05) is 29.2 Å². The maximum Gasteiger partial charge on any atom is 0.229 e. The molecule has 8 heteroatoms. The number of carbonyl (C=O) groups excluding carboxylic acids is 1. The lowest BCUT2D eigenvalue weighted by atomic mass is 10.2. The van der Waals surface area contributed by atoms with Gasteiger partial charge < -0.3 is 25.4 Å². The van der Waals surface area contributed by atoms with Crippen LogP contribution in [-0.2, 0) is 4.79 Å².